The number of carbonyl (C=O) groups excluding carboxylic acids is 2. The van der Waals surface area contributed by atoms with E-state index < -0.39 is 83.4 Å². The molecule has 0 spiro atoms. The first-order chi connectivity index (χ1) is 18.3. The smallest absolute Gasteiger partial charge is 0.311 e. The van der Waals surface area contributed by atoms with Crippen LogP contribution in [-0.2, 0) is 23.8 Å². The molecule has 2 aliphatic heterocycles. The number of carbonyl (C=O) groups is 2. The van der Waals surface area contributed by atoms with E-state index in [0.29, 0.717) is 6.42 Å². The number of Topliss-reactive ketones (excluding diaryl/α,β-unsaturated/α-hetero) is 1. The molecule has 0 saturated carbocycles. The van der Waals surface area contributed by atoms with Crippen LogP contribution < -0.4 is 0 Å². The SMILES string of the molecule is CC[C@H]1OC(=O)[C@H](C)C(O)[C@H](C)[C@@H](O[C@@H]2O[C@H](C)C[C@H](N(C)C)[C@H]2O)[C@](C)(O)C[C@@H](C)C(=O)[C@H](C)[C@@H](O)[C@]1(C)O. The van der Waals surface area contributed by atoms with Crippen molar-refractivity contribution in [3.8, 4) is 0 Å². The number of nitrogens with zero attached hydrogens (tertiary/aromatic N) is 1. The molecule has 2 aliphatic rings. The molecule has 1 unspecified atom stereocenters. The van der Waals surface area contributed by atoms with Crippen molar-refractivity contribution in [1.29, 1.82) is 0 Å². The number of ketones is 1. The molecule has 0 aliphatic carbocycles. The first-order valence-corrected chi connectivity index (χ1v) is 14.5. The summed E-state index contributed by atoms with van der Waals surface area (Å²) in [6, 6.07) is -0.284. The van der Waals surface area contributed by atoms with Crippen LogP contribution >= 0.6 is 0 Å². The third kappa shape index (κ3) is 7.42. The maximum atomic E-state index is 13.4. The van der Waals surface area contributed by atoms with Gasteiger partial charge >= 0.3 is 5.97 Å². The lowest BCUT2D eigenvalue weighted by Crippen LogP contribution is -2.60. The quantitative estimate of drug-likeness (QED) is 0.302. The Morgan fingerprint density at radius 1 is 0.975 bits per heavy atom. The first-order valence-electron chi connectivity index (χ1n) is 14.5. The second-order valence-corrected chi connectivity index (χ2v) is 12.9. The summed E-state index contributed by atoms with van der Waals surface area (Å²) < 4.78 is 17.8. The van der Waals surface area contributed by atoms with E-state index in [0.717, 1.165) is 0 Å². The summed E-state index contributed by atoms with van der Waals surface area (Å²) in [6.45, 7) is 12.5. The van der Waals surface area contributed by atoms with E-state index in [1.807, 2.05) is 25.9 Å². The Kier molecular flexibility index (Phi) is 11.7. The zero-order chi connectivity index (χ0) is 30.9. The van der Waals surface area contributed by atoms with Gasteiger partial charge in [0.1, 0.15) is 23.6 Å². The Morgan fingerprint density at radius 2 is 1.55 bits per heavy atom. The van der Waals surface area contributed by atoms with Crippen LogP contribution in [-0.4, -0.2) is 116 Å². The highest BCUT2D eigenvalue weighted by atomic mass is 16.7. The lowest BCUT2D eigenvalue weighted by atomic mass is 9.74. The Balaban J connectivity index is 2.55. The van der Waals surface area contributed by atoms with Crippen molar-refractivity contribution in [2.45, 2.75) is 135 Å². The summed E-state index contributed by atoms with van der Waals surface area (Å²) in [5.41, 5.74) is -3.68. The summed E-state index contributed by atoms with van der Waals surface area (Å²) in [4.78, 5) is 28.4. The summed E-state index contributed by atoms with van der Waals surface area (Å²) >= 11 is 0. The van der Waals surface area contributed by atoms with Crippen molar-refractivity contribution in [3.63, 3.8) is 0 Å². The molecule has 2 heterocycles. The highest BCUT2D eigenvalue weighted by molar-refractivity contribution is 5.83. The monoisotopic (exact) mass is 575 g/mol. The number of hydrogen-bond acceptors (Lipinski definition) is 11. The molecular formula is C29H53NO10. The molecule has 11 heteroatoms. The molecule has 2 rings (SSSR count). The number of esters is 1. The van der Waals surface area contributed by atoms with Crippen LogP contribution in [0.1, 0.15) is 74.7 Å². The summed E-state index contributed by atoms with van der Waals surface area (Å²) in [6.07, 6.45) is -7.11. The number of cyclic esters (lactones) is 1. The molecule has 11 nitrogen and oxygen atoms in total. The van der Waals surface area contributed by atoms with Gasteiger partial charge in [0.15, 0.2) is 6.29 Å². The van der Waals surface area contributed by atoms with Crippen molar-refractivity contribution in [2.75, 3.05) is 14.1 Å². The average Bonchev–Trinajstić information content (AvgIpc) is 2.87. The van der Waals surface area contributed by atoms with Gasteiger partial charge in [0, 0.05) is 23.8 Å². The fourth-order valence-electron chi connectivity index (χ4n) is 6.41. The molecule has 0 aromatic carbocycles. The van der Waals surface area contributed by atoms with Crippen molar-refractivity contribution >= 4 is 11.8 Å². The Hall–Kier alpha value is -1.18. The standard InChI is InChI=1S/C29H53NO10/c1-11-20-29(8,37)24(34)16(4)21(31)14(2)13-28(7,36)25(17(5)22(32)18(6)26(35)39-20)40-27-23(33)19(30(9)10)12-15(3)38-27/h14-20,22-25,27,32-34,36-37H,11-13H2,1-10H3/t14-,15-,16+,17+,18-,19+,20-,22?,23-,24-,25-,27+,28-,29-/m1/s1. The van der Waals surface area contributed by atoms with Crippen LogP contribution in [0, 0.1) is 23.7 Å². The lowest BCUT2D eigenvalue weighted by molar-refractivity contribution is -0.299. The summed E-state index contributed by atoms with van der Waals surface area (Å²) in [5.74, 6) is -5.00. The molecule has 0 bridgehead atoms. The predicted molar refractivity (Wildman–Crippen MR) is 147 cm³/mol. The molecule has 2 saturated heterocycles. The van der Waals surface area contributed by atoms with E-state index in [-0.39, 0.29) is 25.0 Å². The molecule has 14 atom stereocenters. The molecule has 2 fully saturated rings. The Labute approximate surface area is 238 Å². The average molecular weight is 576 g/mol. The minimum Gasteiger partial charge on any atom is -0.459 e. The lowest BCUT2D eigenvalue weighted by Gasteiger charge is -2.47. The van der Waals surface area contributed by atoms with Gasteiger partial charge in [-0.15, -0.1) is 0 Å². The maximum absolute atomic E-state index is 13.4. The van der Waals surface area contributed by atoms with Gasteiger partial charge in [0.2, 0.25) is 0 Å². The second kappa shape index (κ2) is 13.4. The van der Waals surface area contributed by atoms with E-state index in [1.54, 1.807) is 20.8 Å². The summed E-state index contributed by atoms with van der Waals surface area (Å²) in [5, 5.41) is 56.4. The van der Waals surface area contributed by atoms with Crippen LogP contribution in [0.25, 0.3) is 0 Å². The predicted octanol–water partition coefficient (Wildman–Crippen LogP) is 0.860. The fourth-order valence-corrected chi connectivity index (χ4v) is 6.41. The first kappa shape index (κ1) is 35.0. The third-order valence-corrected chi connectivity index (χ3v) is 9.08. The fraction of sp³-hybridized carbons (Fsp3) is 0.931. The number of aliphatic hydroxyl groups excluding tert-OH is 3. The normalized spacial score (nSPS) is 48.5. The van der Waals surface area contributed by atoms with Crippen LogP contribution in [0.15, 0.2) is 0 Å². The van der Waals surface area contributed by atoms with Gasteiger partial charge in [0.05, 0.1) is 35.9 Å². The van der Waals surface area contributed by atoms with Crippen LogP contribution in [0.5, 0.6) is 0 Å². The van der Waals surface area contributed by atoms with E-state index >= 15 is 0 Å². The van der Waals surface area contributed by atoms with Gasteiger partial charge in [0.25, 0.3) is 0 Å². The van der Waals surface area contributed by atoms with Crippen molar-refractivity contribution in [3.05, 3.63) is 0 Å². The van der Waals surface area contributed by atoms with Gasteiger partial charge in [-0.2, -0.15) is 0 Å². The molecule has 40 heavy (non-hydrogen) atoms. The van der Waals surface area contributed by atoms with Crippen LogP contribution in [0.3, 0.4) is 0 Å². The molecule has 0 aromatic heterocycles. The van der Waals surface area contributed by atoms with Gasteiger partial charge in [-0.25, -0.2) is 0 Å². The largest absolute Gasteiger partial charge is 0.459 e. The van der Waals surface area contributed by atoms with Crippen molar-refractivity contribution < 1.29 is 49.3 Å². The molecule has 0 aromatic rings. The van der Waals surface area contributed by atoms with Gasteiger partial charge in [-0.1, -0.05) is 27.7 Å². The maximum Gasteiger partial charge on any atom is 0.311 e. The highest BCUT2D eigenvalue weighted by Gasteiger charge is 2.51. The van der Waals surface area contributed by atoms with Crippen LogP contribution in [0.4, 0.5) is 0 Å². The van der Waals surface area contributed by atoms with E-state index in [9.17, 15) is 35.1 Å². The zero-order valence-electron chi connectivity index (χ0n) is 25.8. The van der Waals surface area contributed by atoms with E-state index in [2.05, 4.69) is 0 Å². The van der Waals surface area contributed by atoms with Crippen molar-refractivity contribution in [1.82, 2.24) is 4.90 Å². The topological polar surface area (TPSA) is 166 Å². The van der Waals surface area contributed by atoms with E-state index in [4.69, 9.17) is 14.2 Å². The molecule has 0 radical (unpaired) electrons. The van der Waals surface area contributed by atoms with Gasteiger partial charge < -0.3 is 44.6 Å². The molecular weight excluding hydrogens is 522 g/mol. The number of hydrogen-bond donors (Lipinski definition) is 5. The molecule has 234 valence electrons. The van der Waals surface area contributed by atoms with Crippen LogP contribution in [0.2, 0.25) is 0 Å². The van der Waals surface area contributed by atoms with Gasteiger partial charge in [-0.05, 0) is 61.1 Å². The number of aliphatic hydroxyl groups is 5. The highest BCUT2D eigenvalue weighted by Crippen LogP contribution is 2.37. The minimum atomic E-state index is -1.94. The number of ether oxygens (including phenoxy) is 3. The number of likely N-dealkylation sites (N-methyl/N-ethyl adjacent to an activating group) is 1. The van der Waals surface area contributed by atoms with Crippen molar-refractivity contribution in [2.24, 2.45) is 23.7 Å². The Morgan fingerprint density at radius 3 is 2.08 bits per heavy atom. The second-order valence-electron chi connectivity index (χ2n) is 12.9. The third-order valence-electron chi connectivity index (χ3n) is 9.08. The van der Waals surface area contributed by atoms with Gasteiger partial charge in [-0.3, -0.25) is 9.59 Å². The molecule has 5 N–H and O–H groups in total. The molecule has 0 amide bonds. The summed E-state index contributed by atoms with van der Waals surface area (Å²) in [7, 11) is 3.67. The number of rotatable bonds is 4. The zero-order valence-corrected chi connectivity index (χ0v) is 25.8. The Bertz CT molecular complexity index is 864. The van der Waals surface area contributed by atoms with E-state index in [1.165, 1.54) is 27.7 Å². The minimum absolute atomic E-state index is 0.113.